The number of hydrogen-bond acceptors (Lipinski definition) is 5. The molecule has 0 saturated carbocycles. The van der Waals surface area contributed by atoms with Crippen molar-refractivity contribution >= 4 is 35.8 Å². The fraction of sp³-hybridized carbons (Fsp3) is 0.467. The Morgan fingerprint density at radius 2 is 2.21 bits per heavy atom. The Labute approximate surface area is 151 Å². The molecular weight excluding hydrogens is 357 g/mol. The first kappa shape index (κ1) is 20.3. The molecule has 0 aromatic heterocycles. The third-order valence-corrected chi connectivity index (χ3v) is 3.76. The summed E-state index contributed by atoms with van der Waals surface area (Å²) in [5.74, 6) is -0.412. The van der Waals surface area contributed by atoms with Gasteiger partial charge in [0, 0.05) is 18.2 Å². The van der Waals surface area contributed by atoms with E-state index in [9.17, 15) is 9.59 Å². The lowest BCUT2D eigenvalue weighted by Gasteiger charge is -2.24. The topological polar surface area (TPSA) is 103 Å². The smallest absolute Gasteiger partial charge is 0.255 e. The lowest BCUT2D eigenvalue weighted by molar-refractivity contribution is -0.119. The van der Waals surface area contributed by atoms with Gasteiger partial charge in [0.15, 0.2) is 18.1 Å². The molecule has 9 heteroatoms. The number of benzene rings is 1. The Balaban J connectivity index is 0.00000288. The largest absolute Gasteiger partial charge is 0.493 e. The normalized spacial score (nSPS) is 16.7. The van der Waals surface area contributed by atoms with Crippen LogP contribution in [0.15, 0.2) is 12.1 Å². The Bertz CT molecular complexity index is 592. The van der Waals surface area contributed by atoms with E-state index >= 15 is 0 Å². The number of methoxy groups -OCH3 is 1. The van der Waals surface area contributed by atoms with Crippen LogP contribution in [0.1, 0.15) is 23.2 Å². The van der Waals surface area contributed by atoms with E-state index in [0.717, 1.165) is 25.9 Å². The first-order valence-electron chi connectivity index (χ1n) is 7.31. The van der Waals surface area contributed by atoms with Gasteiger partial charge in [-0.1, -0.05) is 11.6 Å². The number of piperidine rings is 1. The summed E-state index contributed by atoms with van der Waals surface area (Å²) in [4.78, 5) is 23.2. The number of amides is 2. The molecule has 0 aliphatic carbocycles. The zero-order chi connectivity index (χ0) is 16.8. The fourth-order valence-electron chi connectivity index (χ4n) is 2.38. The van der Waals surface area contributed by atoms with Crippen molar-refractivity contribution in [3.05, 3.63) is 22.7 Å². The van der Waals surface area contributed by atoms with Crippen LogP contribution in [0, 0.1) is 0 Å². The zero-order valence-electron chi connectivity index (χ0n) is 13.3. The molecule has 1 heterocycles. The van der Waals surface area contributed by atoms with E-state index in [-0.39, 0.29) is 47.5 Å². The van der Waals surface area contributed by atoms with Gasteiger partial charge in [0.2, 0.25) is 0 Å². The van der Waals surface area contributed by atoms with Gasteiger partial charge in [0.25, 0.3) is 11.8 Å². The van der Waals surface area contributed by atoms with Gasteiger partial charge in [-0.3, -0.25) is 9.59 Å². The van der Waals surface area contributed by atoms with Crippen molar-refractivity contribution in [3.8, 4) is 11.5 Å². The van der Waals surface area contributed by atoms with Crippen LogP contribution in [0.25, 0.3) is 0 Å². The molecule has 1 atom stereocenters. The second kappa shape index (κ2) is 9.56. The predicted octanol–water partition coefficient (Wildman–Crippen LogP) is 1.12. The molecule has 4 N–H and O–H groups in total. The number of nitrogens with two attached hydrogens (primary N) is 1. The predicted molar refractivity (Wildman–Crippen MR) is 93.3 cm³/mol. The number of primary amides is 1. The Kier molecular flexibility index (Phi) is 8.10. The van der Waals surface area contributed by atoms with Crippen molar-refractivity contribution in [2.45, 2.75) is 18.9 Å². The SMILES string of the molecule is COc1cc(C(=O)NC2CCCNC2)cc(Cl)c1OCC(N)=O.Cl. The number of ether oxygens (including phenoxy) is 2. The van der Waals surface area contributed by atoms with E-state index in [1.165, 1.54) is 19.2 Å². The number of carbonyl (C=O) groups is 2. The second-order valence-corrected chi connectivity index (χ2v) is 5.67. The summed E-state index contributed by atoms with van der Waals surface area (Å²) in [6.45, 7) is 1.39. The summed E-state index contributed by atoms with van der Waals surface area (Å²) < 4.78 is 10.4. The van der Waals surface area contributed by atoms with E-state index in [0.29, 0.717) is 5.56 Å². The molecule has 1 aliphatic rings. The average molecular weight is 378 g/mol. The maximum Gasteiger partial charge on any atom is 0.255 e. The second-order valence-electron chi connectivity index (χ2n) is 5.26. The first-order valence-corrected chi connectivity index (χ1v) is 7.69. The van der Waals surface area contributed by atoms with E-state index in [1.807, 2.05) is 0 Å². The lowest BCUT2D eigenvalue weighted by atomic mass is 10.1. The molecule has 1 aromatic carbocycles. The third-order valence-electron chi connectivity index (χ3n) is 3.48. The standard InChI is InChI=1S/C15H20ClN3O4.ClH/c1-22-12-6-9(5-11(16)14(12)23-8-13(17)20)15(21)19-10-3-2-4-18-7-10;/h5-6,10,18H,2-4,7-8H2,1H3,(H2,17,20)(H,19,21);1H. The number of hydrogen-bond donors (Lipinski definition) is 3. The van der Waals surface area contributed by atoms with Crippen LogP contribution in [-0.4, -0.2) is 44.7 Å². The maximum atomic E-state index is 12.3. The summed E-state index contributed by atoms with van der Waals surface area (Å²) in [5.41, 5.74) is 5.41. The van der Waals surface area contributed by atoms with Gasteiger partial charge in [-0.15, -0.1) is 12.4 Å². The van der Waals surface area contributed by atoms with Crippen molar-refractivity contribution in [3.63, 3.8) is 0 Å². The minimum absolute atomic E-state index is 0. The molecule has 0 spiro atoms. The molecule has 0 bridgehead atoms. The highest BCUT2D eigenvalue weighted by Gasteiger charge is 2.20. The molecule has 1 aromatic rings. The summed E-state index contributed by atoms with van der Waals surface area (Å²) >= 11 is 6.13. The van der Waals surface area contributed by atoms with Gasteiger partial charge in [-0.05, 0) is 31.5 Å². The van der Waals surface area contributed by atoms with Crippen LogP contribution in [0.5, 0.6) is 11.5 Å². The quantitative estimate of drug-likeness (QED) is 0.689. The first-order chi connectivity index (χ1) is 11.0. The molecule has 1 saturated heterocycles. The average Bonchev–Trinajstić information content (AvgIpc) is 2.53. The number of rotatable bonds is 6. The Hall–Kier alpha value is -1.70. The molecule has 2 rings (SSSR count). The highest BCUT2D eigenvalue weighted by Crippen LogP contribution is 2.36. The van der Waals surface area contributed by atoms with Crippen molar-refractivity contribution in [1.82, 2.24) is 10.6 Å². The number of carbonyl (C=O) groups excluding carboxylic acids is 2. The van der Waals surface area contributed by atoms with Crippen molar-refractivity contribution in [2.75, 3.05) is 26.8 Å². The highest BCUT2D eigenvalue weighted by molar-refractivity contribution is 6.32. The summed E-state index contributed by atoms with van der Waals surface area (Å²) in [5, 5.41) is 6.36. The molecular formula is C15H21Cl2N3O4. The van der Waals surface area contributed by atoms with Crippen LogP contribution in [-0.2, 0) is 4.79 Å². The molecule has 1 unspecified atom stereocenters. The van der Waals surface area contributed by atoms with Crippen LogP contribution < -0.4 is 25.8 Å². The van der Waals surface area contributed by atoms with E-state index < -0.39 is 5.91 Å². The minimum atomic E-state index is -0.630. The van der Waals surface area contributed by atoms with Crippen LogP contribution >= 0.6 is 24.0 Å². The lowest BCUT2D eigenvalue weighted by Crippen LogP contribution is -2.45. The third kappa shape index (κ3) is 5.43. The monoisotopic (exact) mass is 377 g/mol. The fourth-order valence-corrected chi connectivity index (χ4v) is 2.64. The Morgan fingerprint density at radius 1 is 1.46 bits per heavy atom. The molecule has 7 nitrogen and oxygen atoms in total. The van der Waals surface area contributed by atoms with Gasteiger partial charge in [0.05, 0.1) is 12.1 Å². The van der Waals surface area contributed by atoms with E-state index in [4.69, 9.17) is 26.8 Å². The number of nitrogens with one attached hydrogen (secondary N) is 2. The zero-order valence-corrected chi connectivity index (χ0v) is 14.8. The van der Waals surface area contributed by atoms with Gasteiger partial charge >= 0.3 is 0 Å². The van der Waals surface area contributed by atoms with Crippen LogP contribution in [0.4, 0.5) is 0 Å². The molecule has 2 amide bonds. The molecule has 24 heavy (non-hydrogen) atoms. The highest BCUT2D eigenvalue weighted by atomic mass is 35.5. The van der Waals surface area contributed by atoms with Crippen molar-refractivity contribution in [1.29, 1.82) is 0 Å². The summed E-state index contributed by atoms with van der Waals surface area (Å²) in [6.07, 6.45) is 1.96. The van der Waals surface area contributed by atoms with Crippen molar-refractivity contribution in [2.24, 2.45) is 5.73 Å². The van der Waals surface area contributed by atoms with Gasteiger partial charge in [-0.2, -0.15) is 0 Å². The van der Waals surface area contributed by atoms with Gasteiger partial charge < -0.3 is 25.8 Å². The van der Waals surface area contributed by atoms with Crippen LogP contribution in [0.3, 0.4) is 0 Å². The van der Waals surface area contributed by atoms with Gasteiger partial charge in [-0.25, -0.2) is 0 Å². The maximum absolute atomic E-state index is 12.3. The van der Waals surface area contributed by atoms with Crippen molar-refractivity contribution < 1.29 is 19.1 Å². The molecule has 1 fully saturated rings. The van der Waals surface area contributed by atoms with Gasteiger partial charge in [0.1, 0.15) is 0 Å². The molecule has 0 radical (unpaired) electrons. The van der Waals surface area contributed by atoms with E-state index in [1.54, 1.807) is 0 Å². The molecule has 134 valence electrons. The minimum Gasteiger partial charge on any atom is -0.493 e. The number of halogens is 2. The summed E-state index contributed by atoms with van der Waals surface area (Å²) in [6, 6.07) is 3.09. The van der Waals surface area contributed by atoms with Crippen LogP contribution in [0.2, 0.25) is 5.02 Å². The van der Waals surface area contributed by atoms with E-state index in [2.05, 4.69) is 10.6 Å². The molecule has 1 aliphatic heterocycles. The Morgan fingerprint density at radius 3 is 2.79 bits per heavy atom. The summed E-state index contributed by atoms with van der Waals surface area (Å²) in [7, 11) is 1.43.